The van der Waals surface area contributed by atoms with Crippen LogP contribution in [0.2, 0.25) is 0 Å². The lowest BCUT2D eigenvalue weighted by Gasteiger charge is -2.16. The molecule has 1 aliphatic heterocycles. The second-order valence-corrected chi connectivity index (χ2v) is 6.44. The summed E-state index contributed by atoms with van der Waals surface area (Å²) in [5, 5.41) is 19.4. The van der Waals surface area contributed by atoms with Gasteiger partial charge in [-0.15, -0.1) is 0 Å². The average Bonchev–Trinajstić information content (AvgIpc) is 2.99. The molecule has 1 aliphatic rings. The van der Waals surface area contributed by atoms with E-state index in [9.17, 15) is 24.6 Å². The van der Waals surface area contributed by atoms with Crippen LogP contribution in [-0.4, -0.2) is 44.5 Å². The molecule has 0 spiro atoms. The highest BCUT2D eigenvalue weighted by atomic mass is 16.6. The van der Waals surface area contributed by atoms with E-state index in [4.69, 9.17) is 9.47 Å². The Balaban J connectivity index is 1.58. The van der Waals surface area contributed by atoms with Crippen LogP contribution in [0.5, 0.6) is 5.75 Å². The maximum absolute atomic E-state index is 11.9. The van der Waals surface area contributed by atoms with E-state index in [2.05, 4.69) is 4.98 Å². The van der Waals surface area contributed by atoms with Crippen LogP contribution in [0.25, 0.3) is 0 Å². The van der Waals surface area contributed by atoms with E-state index in [0.29, 0.717) is 11.1 Å². The Labute approximate surface area is 153 Å². The SMILES string of the molecule is Cc1cn([C@H]2C[C@H](O)[C@@H](COC(=O)Cc3ccc(O)cc3)O2)c(=O)[nH]c1=O. The number of aliphatic hydroxyl groups excluding tert-OH is 1. The zero-order chi connectivity index (χ0) is 19.6. The number of phenols is 1. The predicted octanol–water partition coefficient (Wildman–Crippen LogP) is -0.0151. The Morgan fingerprint density at radius 2 is 2.04 bits per heavy atom. The Hall–Kier alpha value is -2.91. The smallest absolute Gasteiger partial charge is 0.330 e. The number of esters is 1. The minimum atomic E-state index is -0.921. The van der Waals surface area contributed by atoms with Crippen molar-refractivity contribution in [3.8, 4) is 5.75 Å². The number of ether oxygens (including phenoxy) is 2. The number of aryl methyl sites for hydroxylation is 1. The van der Waals surface area contributed by atoms with Gasteiger partial charge in [-0.1, -0.05) is 12.1 Å². The summed E-state index contributed by atoms with van der Waals surface area (Å²) in [6, 6.07) is 6.17. The van der Waals surface area contributed by atoms with Gasteiger partial charge in [0.2, 0.25) is 0 Å². The zero-order valence-corrected chi connectivity index (χ0v) is 14.6. The summed E-state index contributed by atoms with van der Waals surface area (Å²) in [4.78, 5) is 37.5. The number of benzene rings is 1. The molecule has 0 aliphatic carbocycles. The first-order valence-corrected chi connectivity index (χ1v) is 8.42. The van der Waals surface area contributed by atoms with Crippen LogP contribution >= 0.6 is 0 Å². The summed E-state index contributed by atoms with van der Waals surface area (Å²) in [7, 11) is 0. The van der Waals surface area contributed by atoms with E-state index in [0.717, 1.165) is 0 Å². The molecule has 0 amide bonds. The monoisotopic (exact) mass is 376 g/mol. The summed E-state index contributed by atoms with van der Waals surface area (Å²) in [6.07, 6.45) is -0.939. The molecule has 1 aromatic carbocycles. The number of H-pyrrole nitrogens is 1. The first-order valence-electron chi connectivity index (χ1n) is 8.42. The third-order valence-corrected chi connectivity index (χ3v) is 4.35. The van der Waals surface area contributed by atoms with Gasteiger partial charge < -0.3 is 19.7 Å². The van der Waals surface area contributed by atoms with Crippen molar-refractivity contribution in [2.45, 2.75) is 38.2 Å². The number of hydrogen-bond donors (Lipinski definition) is 3. The molecule has 0 saturated carbocycles. The topological polar surface area (TPSA) is 131 Å². The zero-order valence-electron chi connectivity index (χ0n) is 14.6. The van der Waals surface area contributed by atoms with E-state index < -0.39 is 35.7 Å². The first kappa shape index (κ1) is 18.9. The molecule has 144 valence electrons. The lowest BCUT2D eigenvalue weighted by Crippen LogP contribution is -2.33. The third-order valence-electron chi connectivity index (χ3n) is 4.35. The summed E-state index contributed by atoms with van der Waals surface area (Å²) < 4.78 is 12.0. The van der Waals surface area contributed by atoms with Gasteiger partial charge in [0.05, 0.1) is 12.5 Å². The van der Waals surface area contributed by atoms with Gasteiger partial charge in [-0.3, -0.25) is 19.1 Å². The van der Waals surface area contributed by atoms with Crippen molar-refractivity contribution in [2.24, 2.45) is 0 Å². The van der Waals surface area contributed by atoms with Gasteiger partial charge in [0.15, 0.2) is 0 Å². The number of nitrogens with zero attached hydrogens (tertiary/aromatic N) is 1. The molecule has 1 aromatic heterocycles. The van der Waals surface area contributed by atoms with Crippen molar-refractivity contribution in [1.29, 1.82) is 0 Å². The summed E-state index contributed by atoms with van der Waals surface area (Å²) in [6.45, 7) is 1.40. The molecule has 2 heterocycles. The summed E-state index contributed by atoms with van der Waals surface area (Å²) in [5.41, 5.74) is -0.0856. The van der Waals surface area contributed by atoms with E-state index in [1.165, 1.54) is 22.9 Å². The molecular weight excluding hydrogens is 356 g/mol. The lowest BCUT2D eigenvalue weighted by atomic mass is 10.1. The number of aromatic nitrogens is 2. The van der Waals surface area contributed by atoms with Gasteiger partial charge in [-0.25, -0.2) is 4.79 Å². The molecule has 3 N–H and O–H groups in total. The lowest BCUT2D eigenvalue weighted by molar-refractivity contribution is -0.149. The number of aromatic hydroxyl groups is 1. The average molecular weight is 376 g/mol. The van der Waals surface area contributed by atoms with E-state index >= 15 is 0 Å². The largest absolute Gasteiger partial charge is 0.508 e. The molecule has 0 unspecified atom stereocenters. The van der Waals surface area contributed by atoms with Crippen LogP contribution in [0.1, 0.15) is 23.8 Å². The van der Waals surface area contributed by atoms with Gasteiger partial charge in [0.25, 0.3) is 5.56 Å². The van der Waals surface area contributed by atoms with Crippen molar-refractivity contribution in [3.05, 3.63) is 62.4 Å². The first-order chi connectivity index (χ1) is 12.8. The van der Waals surface area contributed by atoms with Crippen molar-refractivity contribution < 1.29 is 24.5 Å². The molecule has 0 bridgehead atoms. The number of aliphatic hydroxyl groups is 1. The fraction of sp³-hybridized carbons (Fsp3) is 0.389. The number of aromatic amines is 1. The van der Waals surface area contributed by atoms with E-state index in [1.54, 1.807) is 19.1 Å². The standard InChI is InChI=1S/C18H20N2O7/c1-10-8-20(18(25)19-17(10)24)15-7-13(22)14(27-15)9-26-16(23)6-11-2-4-12(21)5-3-11/h2-5,8,13-15,21-22H,6-7,9H2,1H3,(H,19,24,25)/t13-,14+,15+/m0/s1. The van der Waals surface area contributed by atoms with Gasteiger partial charge in [0.1, 0.15) is 24.7 Å². The van der Waals surface area contributed by atoms with Crippen molar-refractivity contribution >= 4 is 5.97 Å². The molecule has 1 fully saturated rings. The van der Waals surface area contributed by atoms with Crippen molar-refractivity contribution in [2.75, 3.05) is 6.61 Å². The molecule has 3 atom stereocenters. The highest BCUT2D eigenvalue weighted by molar-refractivity contribution is 5.72. The molecule has 27 heavy (non-hydrogen) atoms. The van der Waals surface area contributed by atoms with E-state index in [-0.39, 0.29) is 25.2 Å². The second-order valence-electron chi connectivity index (χ2n) is 6.44. The molecule has 9 heteroatoms. The summed E-state index contributed by atoms with van der Waals surface area (Å²) in [5.74, 6) is -0.398. The van der Waals surface area contributed by atoms with Crippen molar-refractivity contribution in [1.82, 2.24) is 9.55 Å². The fourth-order valence-electron chi connectivity index (χ4n) is 2.84. The number of carbonyl (C=O) groups excluding carboxylic acids is 1. The third kappa shape index (κ3) is 4.44. The molecular formula is C18H20N2O7. The van der Waals surface area contributed by atoms with Gasteiger partial charge in [-0.2, -0.15) is 0 Å². The normalized spacial score (nSPS) is 21.9. The molecule has 1 saturated heterocycles. The molecule has 0 radical (unpaired) electrons. The number of phenolic OH excluding ortho intramolecular Hbond substituents is 1. The minimum absolute atomic E-state index is 0.0189. The Morgan fingerprint density at radius 3 is 2.74 bits per heavy atom. The van der Waals surface area contributed by atoms with Crippen LogP contribution in [0, 0.1) is 6.92 Å². The Kier molecular flexibility index (Phi) is 5.43. The molecule has 3 rings (SSSR count). The summed E-state index contributed by atoms with van der Waals surface area (Å²) >= 11 is 0. The van der Waals surface area contributed by atoms with Gasteiger partial charge >= 0.3 is 11.7 Å². The van der Waals surface area contributed by atoms with Crippen LogP contribution in [0.3, 0.4) is 0 Å². The maximum Gasteiger partial charge on any atom is 0.330 e. The highest BCUT2D eigenvalue weighted by Gasteiger charge is 2.36. The maximum atomic E-state index is 11.9. The molecule has 2 aromatic rings. The second kappa shape index (κ2) is 7.77. The van der Waals surface area contributed by atoms with Crippen LogP contribution in [0.4, 0.5) is 0 Å². The van der Waals surface area contributed by atoms with Crippen LogP contribution in [0.15, 0.2) is 40.1 Å². The quantitative estimate of drug-likeness (QED) is 0.625. The van der Waals surface area contributed by atoms with Crippen molar-refractivity contribution in [3.63, 3.8) is 0 Å². The molecule has 9 nitrogen and oxygen atoms in total. The van der Waals surface area contributed by atoms with E-state index in [1.807, 2.05) is 0 Å². The minimum Gasteiger partial charge on any atom is -0.508 e. The number of rotatable bonds is 5. The van der Waals surface area contributed by atoms with Gasteiger partial charge in [-0.05, 0) is 24.6 Å². The van der Waals surface area contributed by atoms with Gasteiger partial charge in [0, 0.05) is 18.2 Å². The Morgan fingerprint density at radius 1 is 1.33 bits per heavy atom. The number of carbonyl (C=O) groups is 1. The highest BCUT2D eigenvalue weighted by Crippen LogP contribution is 2.27. The van der Waals surface area contributed by atoms with Crippen LogP contribution < -0.4 is 11.2 Å². The Bertz CT molecular complexity index is 932. The fourth-order valence-corrected chi connectivity index (χ4v) is 2.84. The predicted molar refractivity (Wildman–Crippen MR) is 93.4 cm³/mol. The number of hydrogen-bond acceptors (Lipinski definition) is 7. The number of nitrogens with one attached hydrogen (secondary N) is 1. The van der Waals surface area contributed by atoms with Crippen LogP contribution in [-0.2, 0) is 20.7 Å².